The highest BCUT2D eigenvalue weighted by molar-refractivity contribution is 9.10. The highest BCUT2D eigenvalue weighted by atomic mass is 79.9. The van der Waals surface area contributed by atoms with Gasteiger partial charge in [0.15, 0.2) is 12.4 Å². The van der Waals surface area contributed by atoms with Gasteiger partial charge in [0.1, 0.15) is 5.75 Å². The molecule has 0 bridgehead atoms. The first-order chi connectivity index (χ1) is 13.5. The van der Waals surface area contributed by atoms with Gasteiger partial charge < -0.3 is 14.0 Å². The Morgan fingerprint density at radius 3 is 2.43 bits per heavy atom. The Bertz CT molecular complexity index is 1020. The zero-order valence-electron chi connectivity index (χ0n) is 16.1. The number of fused-ring (bicyclic) bond motifs is 1. The minimum atomic E-state index is -0.347. The lowest BCUT2D eigenvalue weighted by Gasteiger charge is -2.07. The second-order valence-corrected chi connectivity index (χ2v) is 7.24. The normalized spacial score (nSPS) is 10.9. The number of aryl methyl sites for hydroxylation is 1. The number of halogens is 1. The van der Waals surface area contributed by atoms with Crippen LogP contribution in [0.2, 0.25) is 0 Å². The summed E-state index contributed by atoms with van der Waals surface area (Å²) in [5.74, 6) is 0.0811. The molecule has 0 aliphatic carbocycles. The van der Waals surface area contributed by atoms with E-state index >= 15 is 0 Å². The fourth-order valence-corrected chi connectivity index (χ4v) is 3.55. The van der Waals surface area contributed by atoms with Crippen LogP contribution in [0.4, 0.5) is 0 Å². The van der Waals surface area contributed by atoms with E-state index in [-0.39, 0.29) is 18.4 Å². The lowest BCUT2D eigenvalue weighted by atomic mass is 10.1. The van der Waals surface area contributed by atoms with Gasteiger partial charge in [0.2, 0.25) is 0 Å². The first kappa shape index (κ1) is 20.1. The van der Waals surface area contributed by atoms with Crippen LogP contribution in [0.25, 0.3) is 10.9 Å². The molecule has 1 aromatic heterocycles. The molecule has 0 aliphatic rings. The number of rotatable bonds is 7. The summed E-state index contributed by atoms with van der Waals surface area (Å²) in [7, 11) is 0. The lowest BCUT2D eigenvalue weighted by Crippen LogP contribution is -2.11. The smallest absolute Gasteiger partial charge is 0.340 e. The maximum atomic E-state index is 12.5. The summed E-state index contributed by atoms with van der Waals surface area (Å²) < 4.78 is 13.9. The zero-order chi connectivity index (χ0) is 20.3. The molecule has 0 fully saturated rings. The number of benzene rings is 2. The number of carbonyl (C=O) groups is 2. The molecule has 1 heterocycles. The number of hydrogen-bond donors (Lipinski definition) is 0. The molecule has 0 spiro atoms. The minimum Gasteiger partial charge on any atom is -0.485 e. The van der Waals surface area contributed by atoms with Crippen molar-refractivity contribution in [3.8, 4) is 5.75 Å². The molecule has 3 rings (SSSR count). The first-order valence-electron chi connectivity index (χ1n) is 9.17. The summed E-state index contributed by atoms with van der Waals surface area (Å²) in [6, 6.07) is 12.7. The van der Waals surface area contributed by atoms with Crippen molar-refractivity contribution < 1.29 is 19.1 Å². The molecule has 3 aromatic rings. The quantitative estimate of drug-likeness (QED) is 0.373. The number of Topliss-reactive ketones (excluding diaryl/α,β-unsaturated/α-hetero) is 1. The Balaban J connectivity index is 1.88. The van der Waals surface area contributed by atoms with E-state index in [0.29, 0.717) is 23.5 Å². The topological polar surface area (TPSA) is 57.5 Å². The molecule has 0 radical (unpaired) electrons. The molecular formula is C22H22BrNO4. The van der Waals surface area contributed by atoms with Gasteiger partial charge in [-0.2, -0.15) is 0 Å². The van der Waals surface area contributed by atoms with Gasteiger partial charge in [-0.15, -0.1) is 0 Å². The highest BCUT2D eigenvalue weighted by Gasteiger charge is 2.21. The third kappa shape index (κ3) is 3.97. The van der Waals surface area contributed by atoms with E-state index in [1.807, 2.05) is 38.1 Å². The summed E-state index contributed by atoms with van der Waals surface area (Å²) in [4.78, 5) is 24.8. The minimum absolute atomic E-state index is 0.0741. The summed E-state index contributed by atoms with van der Waals surface area (Å²) in [5.41, 5.74) is 2.93. The van der Waals surface area contributed by atoms with E-state index in [0.717, 1.165) is 27.6 Å². The number of carbonyl (C=O) groups excluding carboxylic acids is 2. The number of nitrogens with zero attached hydrogens (tertiary/aromatic N) is 1. The SMILES string of the molecule is CCOC(=O)c1c(C)n(CC)c2ccc(OCC(=O)c3ccc(Br)cc3)cc12. The second-order valence-electron chi connectivity index (χ2n) is 6.32. The first-order valence-corrected chi connectivity index (χ1v) is 9.97. The molecule has 5 nitrogen and oxygen atoms in total. The zero-order valence-corrected chi connectivity index (χ0v) is 17.7. The molecule has 0 N–H and O–H groups in total. The van der Waals surface area contributed by atoms with Crippen LogP contribution in [0, 0.1) is 6.92 Å². The van der Waals surface area contributed by atoms with E-state index in [9.17, 15) is 9.59 Å². The number of hydrogen-bond acceptors (Lipinski definition) is 4. The third-order valence-corrected chi connectivity index (χ3v) is 5.16. The Morgan fingerprint density at radius 2 is 1.79 bits per heavy atom. The van der Waals surface area contributed by atoms with Crippen molar-refractivity contribution in [2.75, 3.05) is 13.2 Å². The summed E-state index contributed by atoms with van der Waals surface area (Å²) in [5, 5.41) is 0.770. The van der Waals surface area contributed by atoms with Crippen LogP contribution in [0.5, 0.6) is 5.75 Å². The number of esters is 1. The predicted octanol–water partition coefficient (Wildman–Crippen LogP) is 5.17. The molecule has 2 aromatic carbocycles. The lowest BCUT2D eigenvalue weighted by molar-refractivity contribution is 0.0527. The van der Waals surface area contributed by atoms with Gasteiger partial charge in [0.25, 0.3) is 0 Å². The maximum Gasteiger partial charge on any atom is 0.340 e. The molecule has 146 valence electrons. The summed E-state index contributed by atoms with van der Waals surface area (Å²) in [6.07, 6.45) is 0. The predicted molar refractivity (Wildman–Crippen MR) is 112 cm³/mol. The fraction of sp³-hybridized carbons (Fsp3) is 0.273. The molecule has 0 aliphatic heterocycles. The van der Waals surface area contributed by atoms with E-state index in [1.54, 1.807) is 25.1 Å². The molecule has 0 saturated heterocycles. The van der Waals surface area contributed by atoms with Crippen molar-refractivity contribution in [1.82, 2.24) is 4.57 Å². The van der Waals surface area contributed by atoms with Gasteiger partial charge >= 0.3 is 5.97 Å². The van der Waals surface area contributed by atoms with Crippen LogP contribution in [0.3, 0.4) is 0 Å². The van der Waals surface area contributed by atoms with E-state index in [4.69, 9.17) is 9.47 Å². The standard InChI is InChI=1S/C22H22BrNO4/c1-4-24-14(3)21(22(26)27-5-2)18-12-17(10-11-19(18)24)28-13-20(25)15-6-8-16(23)9-7-15/h6-12H,4-5,13H2,1-3H3. The van der Waals surface area contributed by atoms with Gasteiger partial charge in [-0.05, 0) is 51.1 Å². The largest absolute Gasteiger partial charge is 0.485 e. The monoisotopic (exact) mass is 443 g/mol. The van der Waals surface area contributed by atoms with Crippen molar-refractivity contribution in [3.05, 3.63) is 63.8 Å². The van der Waals surface area contributed by atoms with Crippen molar-refractivity contribution in [2.45, 2.75) is 27.3 Å². The van der Waals surface area contributed by atoms with Crippen LogP contribution in [-0.2, 0) is 11.3 Å². The van der Waals surface area contributed by atoms with E-state index < -0.39 is 0 Å². The number of aromatic nitrogens is 1. The van der Waals surface area contributed by atoms with E-state index in [2.05, 4.69) is 20.5 Å². The van der Waals surface area contributed by atoms with E-state index in [1.165, 1.54) is 0 Å². The van der Waals surface area contributed by atoms with Crippen LogP contribution < -0.4 is 4.74 Å². The highest BCUT2D eigenvalue weighted by Crippen LogP contribution is 2.30. The average molecular weight is 444 g/mol. The van der Waals surface area contributed by atoms with Crippen LogP contribution in [0.15, 0.2) is 46.9 Å². The molecule has 0 amide bonds. The van der Waals surface area contributed by atoms with Gasteiger partial charge in [-0.3, -0.25) is 4.79 Å². The van der Waals surface area contributed by atoms with Crippen LogP contribution in [-0.4, -0.2) is 29.5 Å². The van der Waals surface area contributed by atoms with Crippen molar-refractivity contribution in [2.24, 2.45) is 0 Å². The van der Waals surface area contributed by atoms with Gasteiger partial charge in [0, 0.05) is 33.2 Å². The number of ether oxygens (including phenoxy) is 2. The second kappa shape index (κ2) is 8.61. The van der Waals surface area contributed by atoms with Gasteiger partial charge in [-0.1, -0.05) is 28.1 Å². The maximum absolute atomic E-state index is 12.5. The van der Waals surface area contributed by atoms with Crippen molar-refractivity contribution in [1.29, 1.82) is 0 Å². The third-order valence-electron chi connectivity index (χ3n) is 4.63. The number of ketones is 1. The molecule has 28 heavy (non-hydrogen) atoms. The Labute approximate surface area is 172 Å². The molecule has 0 unspecified atom stereocenters. The van der Waals surface area contributed by atoms with Gasteiger partial charge in [-0.25, -0.2) is 4.79 Å². The molecule has 0 saturated carbocycles. The Morgan fingerprint density at radius 1 is 1.07 bits per heavy atom. The summed E-state index contributed by atoms with van der Waals surface area (Å²) in [6.45, 7) is 6.71. The van der Waals surface area contributed by atoms with Crippen molar-refractivity contribution >= 4 is 38.6 Å². The molecule has 6 heteroatoms. The Hall–Kier alpha value is -2.60. The van der Waals surface area contributed by atoms with Crippen LogP contribution in [0.1, 0.15) is 40.3 Å². The van der Waals surface area contributed by atoms with Crippen molar-refractivity contribution in [3.63, 3.8) is 0 Å². The molecular weight excluding hydrogens is 422 g/mol. The summed E-state index contributed by atoms with van der Waals surface area (Å²) >= 11 is 3.35. The van der Waals surface area contributed by atoms with Gasteiger partial charge in [0.05, 0.1) is 12.2 Å². The fourth-order valence-electron chi connectivity index (χ4n) is 3.29. The Kier molecular flexibility index (Phi) is 6.19. The average Bonchev–Trinajstić information content (AvgIpc) is 2.97. The molecule has 0 atom stereocenters. The van der Waals surface area contributed by atoms with Crippen LogP contribution >= 0.6 is 15.9 Å².